The van der Waals surface area contributed by atoms with E-state index in [1.807, 2.05) is 48.5 Å². The van der Waals surface area contributed by atoms with Gasteiger partial charge in [0.25, 0.3) is 5.91 Å². The molecule has 0 aliphatic heterocycles. The van der Waals surface area contributed by atoms with Crippen LogP contribution >= 0.6 is 0 Å². The van der Waals surface area contributed by atoms with Gasteiger partial charge in [-0.25, -0.2) is 0 Å². The molecule has 0 unspecified atom stereocenters. The van der Waals surface area contributed by atoms with Gasteiger partial charge in [0.05, 0.1) is 18.2 Å². The van der Waals surface area contributed by atoms with Crippen molar-refractivity contribution < 1.29 is 23.5 Å². The maximum atomic E-state index is 13.0. The standard InChI is InChI=1S/C33H32N4O5/c1-20-15-31(36-42-20)35-32(38)25-6-4-5-21-16-23(9-10-24(21)25)41-28-11-14-34-27-18-30(29(39-3)17-26(27)28)40-19-33(12-13-33)37(2)22-7-8-22/h4-6,9-11,14-18,22H,7-8,12-13,19H2,1-3H3,(H,35,36,38). The van der Waals surface area contributed by atoms with E-state index < -0.39 is 0 Å². The number of hydrogen-bond donors (Lipinski definition) is 1. The summed E-state index contributed by atoms with van der Waals surface area (Å²) < 4.78 is 23.5. The number of pyridine rings is 1. The third-order valence-electron chi connectivity index (χ3n) is 8.35. The molecule has 0 atom stereocenters. The quantitative estimate of drug-likeness (QED) is 0.199. The summed E-state index contributed by atoms with van der Waals surface area (Å²) in [6, 6.07) is 19.3. The molecular formula is C33H32N4O5. The predicted octanol–water partition coefficient (Wildman–Crippen LogP) is 6.74. The molecule has 1 amide bonds. The molecule has 0 bridgehead atoms. The first-order chi connectivity index (χ1) is 20.4. The van der Waals surface area contributed by atoms with Gasteiger partial charge >= 0.3 is 0 Å². The van der Waals surface area contributed by atoms with Crippen molar-refractivity contribution in [3.05, 3.63) is 78.2 Å². The lowest BCUT2D eigenvalue weighted by molar-refractivity contribution is 0.102. The van der Waals surface area contributed by atoms with Crippen LogP contribution in [0.3, 0.4) is 0 Å². The number of ether oxygens (including phenoxy) is 3. The zero-order valence-corrected chi connectivity index (χ0v) is 23.8. The fraction of sp³-hybridized carbons (Fsp3) is 0.303. The van der Waals surface area contributed by atoms with Gasteiger partial charge in [0.15, 0.2) is 17.3 Å². The third-order valence-corrected chi connectivity index (χ3v) is 8.35. The first-order valence-electron chi connectivity index (χ1n) is 14.2. The number of likely N-dealkylation sites (N-methyl/N-ethyl adjacent to an activating group) is 1. The Balaban J connectivity index is 1.13. The highest BCUT2D eigenvalue weighted by Crippen LogP contribution is 2.47. The maximum Gasteiger partial charge on any atom is 0.257 e. The van der Waals surface area contributed by atoms with Crippen LogP contribution in [0.4, 0.5) is 5.82 Å². The molecular weight excluding hydrogens is 532 g/mol. The van der Waals surface area contributed by atoms with Gasteiger partial charge in [-0.15, -0.1) is 0 Å². The molecule has 3 aromatic carbocycles. The second-order valence-corrected chi connectivity index (χ2v) is 11.3. The van der Waals surface area contributed by atoms with E-state index in [1.165, 1.54) is 12.8 Å². The Morgan fingerprint density at radius 1 is 1.05 bits per heavy atom. The van der Waals surface area contributed by atoms with Gasteiger partial charge in [0.2, 0.25) is 0 Å². The maximum absolute atomic E-state index is 13.0. The third kappa shape index (κ3) is 5.00. The van der Waals surface area contributed by atoms with Crippen molar-refractivity contribution >= 4 is 33.4 Å². The Bertz CT molecular complexity index is 1810. The second kappa shape index (κ2) is 10.3. The van der Waals surface area contributed by atoms with Crippen molar-refractivity contribution in [1.82, 2.24) is 15.0 Å². The van der Waals surface area contributed by atoms with E-state index in [1.54, 1.807) is 32.4 Å². The van der Waals surface area contributed by atoms with Crippen LogP contribution in [-0.4, -0.2) is 53.3 Å². The molecule has 42 heavy (non-hydrogen) atoms. The van der Waals surface area contributed by atoms with Crippen molar-refractivity contribution in [3.63, 3.8) is 0 Å². The summed E-state index contributed by atoms with van der Waals surface area (Å²) in [5.74, 6) is 3.34. The molecule has 5 aromatic rings. The van der Waals surface area contributed by atoms with Gasteiger partial charge in [-0.05, 0) is 86.8 Å². The summed E-state index contributed by atoms with van der Waals surface area (Å²) >= 11 is 0. The summed E-state index contributed by atoms with van der Waals surface area (Å²) in [5.41, 5.74) is 1.42. The number of nitrogens with zero attached hydrogens (tertiary/aromatic N) is 3. The molecule has 2 saturated carbocycles. The molecule has 2 aromatic heterocycles. The fourth-order valence-corrected chi connectivity index (χ4v) is 5.55. The van der Waals surface area contributed by atoms with E-state index in [4.69, 9.17) is 18.7 Å². The molecule has 2 fully saturated rings. The molecule has 1 N–H and O–H groups in total. The number of methoxy groups -OCH3 is 1. The Kier molecular flexibility index (Phi) is 6.46. The summed E-state index contributed by atoms with van der Waals surface area (Å²) in [4.78, 5) is 20.1. The Morgan fingerprint density at radius 3 is 2.64 bits per heavy atom. The van der Waals surface area contributed by atoms with E-state index in [2.05, 4.69) is 27.4 Å². The Labute approximate surface area is 243 Å². The van der Waals surface area contributed by atoms with Crippen molar-refractivity contribution in [2.75, 3.05) is 26.1 Å². The number of fused-ring (bicyclic) bond motifs is 2. The topological polar surface area (TPSA) is 99.0 Å². The number of carbonyl (C=O) groups is 1. The average molecular weight is 565 g/mol. The number of hydrogen-bond acceptors (Lipinski definition) is 8. The lowest BCUT2D eigenvalue weighted by atomic mass is 10.0. The van der Waals surface area contributed by atoms with Gasteiger partial charge in [-0.2, -0.15) is 0 Å². The fourth-order valence-electron chi connectivity index (χ4n) is 5.55. The number of carbonyl (C=O) groups excluding carboxylic acids is 1. The van der Waals surface area contributed by atoms with Crippen LogP contribution in [0.2, 0.25) is 0 Å². The molecule has 0 spiro atoms. The molecule has 214 valence electrons. The Hall–Kier alpha value is -4.63. The van der Waals surface area contributed by atoms with Gasteiger partial charge < -0.3 is 24.1 Å². The number of amides is 1. The molecule has 9 nitrogen and oxygen atoms in total. The number of anilines is 1. The number of rotatable bonds is 10. The number of nitrogens with one attached hydrogen (secondary N) is 1. The largest absolute Gasteiger partial charge is 0.493 e. The first-order valence-corrected chi connectivity index (χ1v) is 14.2. The van der Waals surface area contributed by atoms with Crippen LogP contribution in [0.1, 0.15) is 41.8 Å². The van der Waals surface area contributed by atoms with E-state index in [0.29, 0.717) is 52.8 Å². The SMILES string of the molecule is COc1cc2c(Oc3ccc4c(C(=O)Nc5cc(C)on5)cccc4c3)ccnc2cc1OCC1(N(C)C2CC2)CC1. The van der Waals surface area contributed by atoms with Gasteiger partial charge in [0.1, 0.15) is 23.9 Å². The zero-order chi connectivity index (χ0) is 28.8. The van der Waals surface area contributed by atoms with Crippen LogP contribution in [0.25, 0.3) is 21.7 Å². The minimum absolute atomic E-state index is 0.130. The zero-order valence-electron chi connectivity index (χ0n) is 23.8. The van der Waals surface area contributed by atoms with Crippen LogP contribution in [0.5, 0.6) is 23.0 Å². The van der Waals surface area contributed by atoms with Crippen molar-refractivity contribution in [3.8, 4) is 23.0 Å². The molecule has 2 aliphatic rings. The van der Waals surface area contributed by atoms with Gasteiger partial charge in [-0.1, -0.05) is 17.3 Å². The second-order valence-electron chi connectivity index (χ2n) is 11.3. The predicted molar refractivity (Wildman–Crippen MR) is 160 cm³/mol. The molecule has 9 heteroatoms. The molecule has 7 rings (SSSR count). The van der Waals surface area contributed by atoms with Crippen molar-refractivity contribution in [2.45, 2.75) is 44.2 Å². The minimum atomic E-state index is -0.264. The highest BCUT2D eigenvalue weighted by molar-refractivity contribution is 6.12. The summed E-state index contributed by atoms with van der Waals surface area (Å²) in [6.07, 6.45) is 6.60. The van der Waals surface area contributed by atoms with Crippen molar-refractivity contribution in [2.24, 2.45) is 0 Å². The number of aryl methyl sites for hydroxylation is 1. The molecule has 0 radical (unpaired) electrons. The first kappa shape index (κ1) is 26.3. The van der Waals surface area contributed by atoms with Crippen LogP contribution in [0, 0.1) is 6.92 Å². The smallest absolute Gasteiger partial charge is 0.257 e. The van der Waals surface area contributed by atoms with Crippen LogP contribution < -0.4 is 19.5 Å². The van der Waals surface area contributed by atoms with E-state index in [0.717, 1.165) is 34.5 Å². The highest BCUT2D eigenvalue weighted by Gasteiger charge is 2.51. The van der Waals surface area contributed by atoms with E-state index in [-0.39, 0.29) is 11.4 Å². The lowest BCUT2D eigenvalue weighted by Gasteiger charge is -2.28. The monoisotopic (exact) mass is 564 g/mol. The highest BCUT2D eigenvalue weighted by atomic mass is 16.5. The normalized spacial score (nSPS) is 15.6. The summed E-state index contributed by atoms with van der Waals surface area (Å²) in [6.45, 7) is 2.41. The van der Waals surface area contributed by atoms with Gasteiger partial charge in [0, 0.05) is 35.3 Å². The summed E-state index contributed by atoms with van der Waals surface area (Å²) in [5, 5.41) is 9.12. The summed E-state index contributed by atoms with van der Waals surface area (Å²) in [7, 11) is 3.87. The average Bonchev–Trinajstić information content (AvgIpc) is 3.94. The van der Waals surface area contributed by atoms with E-state index in [9.17, 15) is 4.79 Å². The van der Waals surface area contributed by atoms with Crippen LogP contribution in [-0.2, 0) is 0 Å². The van der Waals surface area contributed by atoms with Gasteiger partial charge in [-0.3, -0.25) is 14.7 Å². The van der Waals surface area contributed by atoms with Crippen molar-refractivity contribution in [1.29, 1.82) is 0 Å². The molecule has 2 heterocycles. The molecule has 2 aliphatic carbocycles. The van der Waals surface area contributed by atoms with Crippen LogP contribution in [0.15, 0.2) is 71.4 Å². The van der Waals surface area contributed by atoms with E-state index >= 15 is 0 Å². The minimum Gasteiger partial charge on any atom is -0.493 e. The number of benzene rings is 3. The Morgan fingerprint density at radius 2 is 1.90 bits per heavy atom. The lowest BCUT2D eigenvalue weighted by Crippen LogP contribution is -2.40. The molecule has 0 saturated heterocycles. The number of aromatic nitrogens is 2.